The number of phenols is 1. The molecular weight excluding hydrogens is 424 g/mol. The number of halogens is 1. The van der Waals surface area contributed by atoms with Crippen molar-refractivity contribution < 1.29 is 34.0 Å². The number of hydrogen-bond acceptors (Lipinski definition) is 6. The molecule has 0 aliphatic rings. The minimum absolute atomic E-state index is 0.00621. The molecule has 0 aliphatic heterocycles. The van der Waals surface area contributed by atoms with Crippen LogP contribution in [0.2, 0.25) is 5.02 Å². The summed E-state index contributed by atoms with van der Waals surface area (Å²) in [7, 11) is 0. The number of carbonyl (C=O) groups is 2. The summed E-state index contributed by atoms with van der Waals surface area (Å²) in [5.74, 6) is -0.259. The topological polar surface area (TPSA) is 102 Å². The summed E-state index contributed by atoms with van der Waals surface area (Å²) in [6, 6.07) is 10.3. The highest BCUT2D eigenvalue weighted by atomic mass is 35.5. The second kappa shape index (κ2) is 12.2. The third-order valence-corrected chi connectivity index (χ3v) is 4.68. The third kappa shape index (κ3) is 7.77. The Morgan fingerprint density at radius 2 is 1.90 bits per heavy atom. The molecule has 0 radical (unpaired) electrons. The van der Waals surface area contributed by atoms with Crippen molar-refractivity contribution in [1.82, 2.24) is 0 Å². The van der Waals surface area contributed by atoms with Crippen LogP contribution in [0.25, 0.3) is 0 Å². The van der Waals surface area contributed by atoms with Gasteiger partial charge in [0.1, 0.15) is 12.0 Å². The number of hydrogen-bond donors (Lipinski definition) is 2. The van der Waals surface area contributed by atoms with E-state index >= 15 is 0 Å². The van der Waals surface area contributed by atoms with Crippen LogP contribution in [-0.4, -0.2) is 47.9 Å². The van der Waals surface area contributed by atoms with Gasteiger partial charge >= 0.3 is 5.97 Å². The summed E-state index contributed by atoms with van der Waals surface area (Å²) in [4.78, 5) is 22.1. The van der Waals surface area contributed by atoms with Crippen LogP contribution in [-0.2, 0) is 27.2 Å². The van der Waals surface area contributed by atoms with Gasteiger partial charge in [-0.25, -0.2) is 4.79 Å². The number of ether oxygens (including phenoxy) is 3. The molecule has 0 fully saturated rings. The monoisotopic (exact) mass is 450 g/mol. The van der Waals surface area contributed by atoms with Gasteiger partial charge in [-0.15, -0.1) is 0 Å². The quantitative estimate of drug-likeness (QED) is 0.350. The number of phenolic OH excluding ortho intramolecular Hbond substituents is 1. The fourth-order valence-corrected chi connectivity index (χ4v) is 3.14. The van der Waals surface area contributed by atoms with Crippen LogP contribution in [0.1, 0.15) is 31.4 Å². The lowest BCUT2D eigenvalue weighted by atomic mass is 10.1. The van der Waals surface area contributed by atoms with Crippen molar-refractivity contribution >= 4 is 23.9 Å². The van der Waals surface area contributed by atoms with Gasteiger partial charge in [0.2, 0.25) is 0 Å². The van der Waals surface area contributed by atoms with Gasteiger partial charge < -0.3 is 29.2 Å². The molecule has 2 aromatic rings. The number of carboxylic acids is 1. The van der Waals surface area contributed by atoms with Gasteiger partial charge in [0.25, 0.3) is 0 Å². The largest absolute Gasteiger partial charge is 0.504 e. The molecule has 31 heavy (non-hydrogen) atoms. The molecule has 1 unspecified atom stereocenters. The van der Waals surface area contributed by atoms with Gasteiger partial charge in [-0.3, -0.25) is 0 Å². The molecule has 0 aliphatic carbocycles. The SMILES string of the molecule is CC(C)OC(Cc1cccc(OCCCOc2ccc(Cl)c(CC=O)c2O)c1)C(=O)O. The van der Waals surface area contributed by atoms with E-state index in [1.165, 1.54) is 0 Å². The highest BCUT2D eigenvalue weighted by Crippen LogP contribution is 2.35. The van der Waals surface area contributed by atoms with Crippen molar-refractivity contribution in [2.24, 2.45) is 0 Å². The number of aromatic hydroxyl groups is 1. The van der Waals surface area contributed by atoms with Crippen molar-refractivity contribution in [2.75, 3.05) is 13.2 Å². The Hall–Kier alpha value is -2.77. The summed E-state index contributed by atoms with van der Waals surface area (Å²) in [5.41, 5.74) is 1.14. The van der Waals surface area contributed by atoms with Gasteiger partial charge in [0, 0.05) is 29.8 Å². The summed E-state index contributed by atoms with van der Waals surface area (Å²) < 4.78 is 16.7. The van der Waals surface area contributed by atoms with Crippen molar-refractivity contribution in [3.63, 3.8) is 0 Å². The van der Waals surface area contributed by atoms with Gasteiger partial charge in [-0.05, 0) is 43.7 Å². The van der Waals surface area contributed by atoms with Gasteiger partial charge in [-0.2, -0.15) is 0 Å². The van der Waals surface area contributed by atoms with E-state index in [0.717, 1.165) is 5.56 Å². The van der Waals surface area contributed by atoms with Crippen LogP contribution in [0.4, 0.5) is 0 Å². The first-order chi connectivity index (χ1) is 14.8. The van der Waals surface area contributed by atoms with E-state index in [-0.39, 0.29) is 30.4 Å². The van der Waals surface area contributed by atoms with E-state index in [2.05, 4.69) is 0 Å². The Kier molecular flexibility index (Phi) is 9.62. The molecule has 0 saturated carbocycles. The number of carboxylic acid groups (broad SMARTS) is 1. The maximum atomic E-state index is 11.4. The molecule has 0 spiro atoms. The Morgan fingerprint density at radius 3 is 2.58 bits per heavy atom. The fourth-order valence-electron chi connectivity index (χ4n) is 2.91. The van der Waals surface area contributed by atoms with E-state index in [1.807, 2.05) is 6.07 Å². The molecule has 7 nitrogen and oxygen atoms in total. The van der Waals surface area contributed by atoms with E-state index in [4.69, 9.17) is 25.8 Å². The average molecular weight is 451 g/mol. The summed E-state index contributed by atoms with van der Waals surface area (Å²) >= 11 is 5.98. The summed E-state index contributed by atoms with van der Waals surface area (Å²) in [6.45, 7) is 4.25. The number of carbonyl (C=O) groups excluding carboxylic acids is 1. The molecule has 2 aromatic carbocycles. The van der Waals surface area contributed by atoms with Crippen LogP contribution >= 0.6 is 11.6 Å². The smallest absolute Gasteiger partial charge is 0.333 e. The first kappa shape index (κ1) is 24.5. The molecular formula is C23H27ClO7. The van der Waals surface area contributed by atoms with Crippen LogP contribution in [0.15, 0.2) is 36.4 Å². The Balaban J connectivity index is 1.84. The number of rotatable bonds is 13. The molecule has 0 heterocycles. The maximum absolute atomic E-state index is 11.4. The summed E-state index contributed by atoms with van der Waals surface area (Å²) in [5, 5.41) is 19.8. The predicted octanol–water partition coefficient (Wildman–Crippen LogP) is 4.06. The first-order valence-corrected chi connectivity index (χ1v) is 10.4. The minimum atomic E-state index is -1.00. The highest BCUT2D eigenvalue weighted by Gasteiger charge is 2.20. The average Bonchev–Trinajstić information content (AvgIpc) is 2.72. The first-order valence-electron chi connectivity index (χ1n) is 9.98. The van der Waals surface area contributed by atoms with Crippen LogP contribution in [0, 0.1) is 0 Å². The van der Waals surface area contributed by atoms with Crippen molar-refractivity contribution in [1.29, 1.82) is 0 Å². The van der Waals surface area contributed by atoms with E-state index in [0.29, 0.717) is 42.3 Å². The number of aldehydes is 1. The van der Waals surface area contributed by atoms with Crippen LogP contribution < -0.4 is 9.47 Å². The molecule has 8 heteroatoms. The molecule has 1 atom stereocenters. The zero-order chi connectivity index (χ0) is 22.8. The lowest BCUT2D eigenvalue weighted by molar-refractivity contribution is -0.153. The standard InChI is InChI=1S/C23H27ClO7/c1-15(2)31-21(23(27)28)14-16-5-3-6-17(13-16)29-11-4-12-30-20-8-7-19(24)18(9-10-25)22(20)26/h3,5-8,10,13,15,21,26H,4,9,11-12,14H2,1-2H3,(H,27,28). The zero-order valence-electron chi connectivity index (χ0n) is 17.5. The zero-order valence-corrected chi connectivity index (χ0v) is 18.3. The van der Waals surface area contributed by atoms with Gasteiger partial charge in [-0.1, -0.05) is 23.7 Å². The van der Waals surface area contributed by atoms with Crippen molar-refractivity contribution in [3.05, 3.63) is 52.5 Å². The Bertz CT molecular complexity index is 882. The highest BCUT2D eigenvalue weighted by molar-refractivity contribution is 6.31. The van der Waals surface area contributed by atoms with Crippen LogP contribution in [0.3, 0.4) is 0 Å². The van der Waals surface area contributed by atoms with Crippen molar-refractivity contribution in [2.45, 2.75) is 45.3 Å². The van der Waals surface area contributed by atoms with Gasteiger partial charge in [0.15, 0.2) is 17.6 Å². The van der Waals surface area contributed by atoms with E-state index < -0.39 is 12.1 Å². The third-order valence-electron chi connectivity index (χ3n) is 4.32. The molecule has 2 rings (SSSR count). The molecule has 0 aromatic heterocycles. The van der Waals surface area contributed by atoms with E-state index in [9.17, 15) is 19.8 Å². The summed E-state index contributed by atoms with van der Waals surface area (Å²) in [6.07, 6.45) is 0.359. The molecule has 0 saturated heterocycles. The number of benzene rings is 2. The van der Waals surface area contributed by atoms with Crippen LogP contribution in [0.5, 0.6) is 17.2 Å². The minimum Gasteiger partial charge on any atom is -0.504 e. The fraction of sp³-hybridized carbons (Fsp3) is 0.391. The Morgan fingerprint density at radius 1 is 1.16 bits per heavy atom. The Labute approximate surface area is 186 Å². The van der Waals surface area contributed by atoms with E-state index in [1.54, 1.807) is 44.2 Å². The lowest BCUT2D eigenvalue weighted by Gasteiger charge is -2.17. The molecule has 0 amide bonds. The second-order valence-electron chi connectivity index (χ2n) is 7.16. The lowest BCUT2D eigenvalue weighted by Crippen LogP contribution is -2.29. The number of aliphatic carboxylic acids is 1. The second-order valence-corrected chi connectivity index (χ2v) is 7.56. The van der Waals surface area contributed by atoms with Crippen molar-refractivity contribution in [3.8, 4) is 17.2 Å². The molecule has 168 valence electrons. The molecule has 0 bridgehead atoms. The maximum Gasteiger partial charge on any atom is 0.333 e. The normalized spacial score (nSPS) is 11.9. The van der Waals surface area contributed by atoms with Gasteiger partial charge in [0.05, 0.1) is 19.3 Å². The predicted molar refractivity (Wildman–Crippen MR) is 116 cm³/mol. The molecule has 2 N–H and O–H groups in total.